The first-order chi connectivity index (χ1) is 10.5. The highest BCUT2D eigenvalue weighted by molar-refractivity contribution is 6.88. The van der Waals surface area contributed by atoms with Crippen LogP contribution in [0.4, 0.5) is 0 Å². The average Bonchev–Trinajstić information content (AvgIpc) is 2.82. The van der Waals surface area contributed by atoms with Gasteiger partial charge >= 0.3 is 0 Å². The van der Waals surface area contributed by atoms with Crippen molar-refractivity contribution >= 4 is 24.4 Å². The summed E-state index contributed by atoms with van der Waals surface area (Å²) in [5.74, 6) is 0. The largest absolute Gasteiger partial charge is 0.392 e. The van der Waals surface area contributed by atoms with E-state index in [2.05, 4.69) is 59.5 Å². The Morgan fingerprint density at radius 1 is 1.05 bits per heavy atom. The van der Waals surface area contributed by atoms with Gasteiger partial charge in [0.25, 0.3) is 0 Å². The van der Waals surface area contributed by atoms with Crippen LogP contribution in [0.5, 0.6) is 0 Å². The number of rotatable bonds is 4. The van der Waals surface area contributed by atoms with Crippen molar-refractivity contribution in [2.24, 2.45) is 0 Å². The van der Waals surface area contributed by atoms with Crippen LogP contribution < -0.4 is 5.32 Å². The second-order valence-electron chi connectivity index (χ2n) is 6.68. The molecule has 0 amide bonds. The third kappa shape index (κ3) is 2.60. The van der Waals surface area contributed by atoms with Crippen molar-refractivity contribution in [3.05, 3.63) is 59.8 Å². The molecule has 3 rings (SSSR count). The molecule has 0 aliphatic heterocycles. The summed E-state index contributed by atoms with van der Waals surface area (Å²) < 4.78 is 2.31. The Balaban J connectivity index is 2.27. The van der Waals surface area contributed by atoms with Gasteiger partial charge in [-0.25, -0.2) is 4.98 Å². The number of aliphatic hydroxyl groups excluding tert-OH is 1. The zero-order valence-electron chi connectivity index (χ0n) is 13.4. The molecular weight excluding hydrogens is 288 g/mol. The smallest absolute Gasteiger partial charge is 0.140 e. The van der Waals surface area contributed by atoms with Gasteiger partial charge in [-0.1, -0.05) is 50.0 Å². The minimum Gasteiger partial charge on any atom is -0.392 e. The van der Waals surface area contributed by atoms with Crippen LogP contribution in [-0.2, 0) is 13.2 Å². The van der Waals surface area contributed by atoms with Gasteiger partial charge in [-0.2, -0.15) is 0 Å². The summed E-state index contributed by atoms with van der Waals surface area (Å²) in [6.45, 7) is 7.84. The molecule has 4 heteroatoms. The number of pyridine rings is 1. The molecule has 0 saturated heterocycles. The van der Waals surface area contributed by atoms with E-state index in [1.807, 2.05) is 18.3 Å². The van der Waals surface area contributed by atoms with Crippen molar-refractivity contribution in [3.8, 4) is 0 Å². The molecule has 0 unspecified atom stereocenters. The third-order valence-corrected chi connectivity index (χ3v) is 5.97. The van der Waals surface area contributed by atoms with Crippen LogP contribution in [0.25, 0.3) is 11.0 Å². The molecule has 22 heavy (non-hydrogen) atoms. The second kappa shape index (κ2) is 5.70. The van der Waals surface area contributed by atoms with Crippen LogP contribution >= 0.6 is 0 Å². The van der Waals surface area contributed by atoms with E-state index in [1.165, 1.54) is 10.9 Å². The van der Waals surface area contributed by atoms with Crippen molar-refractivity contribution in [2.45, 2.75) is 32.8 Å². The predicted molar refractivity (Wildman–Crippen MR) is 94.2 cm³/mol. The first kappa shape index (κ1) is 15.0. The average molecular weight is 310 g/mol. The molecule has 0 saturated carbocycles. The molecule has 1 aromatic carbocycles. The normalized spacial score (nSPS) is 12.0. The molecule has 0 atom stereocenters. The Labute approximate surface area is 132 Å². The molecule has 0 radical (unpaired) electrons. The lowest BCUT2D eigenvalue weighted by Crippen LogP contribution is -2.45. The van der Waals surface area contributed by atoms with E-state index in [1.54, 1.807) is 0 Å². The Hall–Kier alpha value is -1.91. The van der Waals surface area contributed by atoms with Crippen molar-refractivity contribution in [2.75, 3.05) is 0 Å². The molecule has 0 aliphatic rings. The third-order valence-electron chi connectivity index (χ3n) is 3.98. The standard InChI is InChI=1S/C18H22N2OSi/c1-22(2,3)18-16(13-21)15-10-7-11-19-17(15)20(18)12-14-8-5-4-6-9-14/h4-11,21H,12-13H2,1-3H3. The molecule has 1 N–H and O–H groups in total. The predicted octanol–water partition coefficient (Wildman–Crippen LogP) is 3.12. The fourth-order valence-electron chi connectivity index (χ4n) is 3.18. The minimum absolute atomic E-state index is 0.0730. The van der Waals surface area contributed by atoms with Gasteiger partial charge in [-0.15, -0.1) is 0 Å². The van der Waals surface area contributed by atoms with Crippen LogP contribution in [0.15, 0.2) is 48.7 Å². The Kier molecular flexibility index (Phi) is 3.89. The van der Waals surface area contributed by atoms with E-state index in [0.717, 1.165) is 23.1 Å². The molecule has 0 spiro atoms. The number of aliphatic hydroxyl groups is 1. The summed E-state index contributed by atoms with van der Waals surface area (Å²) in [6, 6.07) is 14.5. The first-order valence-electron chi connectivity index (χ1n) is 7.63. The molecular formula is C18H22N2OSi. The van der Waals surface area contributed by atoms with Crippen molar-refractivity contribution in [3.63, 3.8) is 0 Å². The molecule has 0 aliphatic carbocycles. The van der Waals surface area contributed by atoms with Crippen LogP contribution in [0.1, 0.15) is 11.1 Å². The number of aromatic nitrogens is 2. The maximum atomic E-state index is 9.94. The van der Waals surface area contributed by atoms with Crippen LogP contribution in [0.2, 0.25) is 19.6 Å². The molecule has 114 valence electrons. The lowest BCUT2D eigenvalue weighted by molar-refractivity contribution is 0.284. The van der Waals surface area contributed by atoms with Gasteiger partial charge in [-0.05, 0) is 17.7 Å². The van der Waals surface area contributed by atoms with Crippen molar-refractivity contribution in [1.29, 1.82) is 0 Å². The van der Waals surface area contributed by atoms with Gasteiger partial charge in [0.05, 0.1) is 14.7 Å². The zero-order chi connectivity index (χ0) is 15.7. The summed E-state index contributed by atoms with van der Waals surface area (Å²) in [4.78, 5) is 4.59. The number of nitrogens with zero attached hydrogens (tertiary/aromatic N) is 2. The van der Waals surface area contributed by atoms with E-state index >= 15 is 0 Å². The zero-order valence-corrected chi connectivity index (χ0v) is 14.4. The van der Waals surface area contributed by atoms with Gasteiger partial charge < -0.3 is 9.67 Å². The van der Waals surface area contributed by atoms with Gasteiger partial charge in [-0.3, -0.25) is 0 Å². The van der Waals surface area contributed by atoms with Crippen LogP contribution in [0.3, 0.4) is 0 Å². The van der Waals surface area contributed by atoms with Crippen molar-refractivity contribution in [1.82, 2.24) is 9.55 Å². The maximum absolute atomic E-state index is 9.94. The number of benzene rings is 1. The van der Waals surface area contributed by atoms with E-state index in [4.69, 9.17) is 0 Å². The molecule has 3 nitrogen and oxygen atoms in total. The summed E-state index contributed by atoms with van der Waals surface area (Å²) in [5, 5.41) is 12.3. The molecule has 2 heterocycles. The molecule has 2 aromatic heterocycles. The minimum atomic E-state index is -1.62. The second-order valence-corrected chi connectivity index (χ2v) is 11.7. The Morgan fingerprint density at radius 3 is 2.41 bits per heavy atom. The van der Waals surface area contributed by atoms with E-state index in [-0.39, 0.29) is 6.61 Å². The maximum Gasteiger partial charge on any atom is 0.140 e. The molecule has 0 bridgehead atoms. The number of fused-ring (bicyclic) bond motifs is 1. The van der Waals surface area contributed by atoms with Crippen LogP contribution in [0, 0.1) is 0 Å². The Morgan fingerprint density at radius 2 is 1.77 bits per heavy atom. The SMILES string of the molecule is C[Si](C)(C)c1c(CO)c2cccnc2n1Cc1ccccc1. The fourth-order valence-corrected chi connectivity index (χ4v) is 5.30. The quantitative estimate of drug-likeness (QED) is 0.752. The van der Waals surface area contributed by atoms with Gasteiger partial charge in [0.2, 0.25) is 0 Å². The highest BCUT2D eigenvalue weighted by Crippen LogP contribution is 2.22. The first-order valence-corrected chi connectivity index (χ1v) is 11.1. The summed E-state index contributed by atoms with van der Waals surface area (Å²) in [6.07, 6.45) is 1.83. The van der Waals surface area contributed by atoms with Gasteiger partial charge in [0, 0.05) is 29.0 Å². The fraction of sp³-hybridized carbons (Fsp3) is 0.278. The highest BCUT2D eigenvalue weighted by Gasteiger charge is 2.28. The number of hydrogen-bond acceptors (Lipinski definition) is 2. The highest BCUT2D eigenvalue weighted by atomic mass is 28.3. The Bertz CT molecular complexity index is 788. The summed E-state index contributed by atoms with van der Waals surface area (Å²) >= 11 is 0. The topological polar surface area (TPSA) is 38.1 Å². The van der Waals surface area contributed by atoms with Gasteiger partial charge in [0.15, 0.2) is 0 Å². The summed E-state index contributed by atoms with van der Waals surface area (Å²) in [7, 11) is -1.62. The van der Waals surface area contributed by atoms with Crippen molar-refractivity contribution < 1.29 is 5.11 Å². The molecule has 0 fully saturated rings. The summed E-state index contributed by atoms with van der Waals surface area (Å²) in [5.41, 5.74) is 3.29. The number of hydrogen-bond donors (Lipinski definition) is 1. The lowest BCUT2D eigenvalue weighted by Gasteiger charge is -2.22. The molecule has 3 aromatic rings. The van der Waals surface area contributed by atoms with Gasteiger partial charge in [0.1, 0.15) is 5.65 Å². The van der Waals surface area contributed by atoms with E-state index in [9.17, 15) is 5.11 Å². The van der Waals surface area contributed by atoms with Crippen LogP contribution in [-0.4, -0.2) is 22.7 Å². The lowest BCUT2D eigenvalue weighted by atomic mass is 10.2. The van der Waals surface area contributed by atoms with E-state index in [0.29, 0.717) is 0 Å². The van der Waals surface area contributed by atoms with E-state index < -0.39 is 8.07 Å². The monoisotopic (exact) mass is 310 g/mol.